The van der Waals surface area contributed by atoms with E-state index in [4.69, 9.17) is 4.79 Å². The second kappa shape index (κ2) is 4.55. The first-order chi connectivity index (χ1) is 4.72. The highest BCUT2D eigenvalue weighted by Gasteiger charge is 1.90. The van der Waals surface area contributed by atoms with Crippen LogP contribution in [0.5, 0.6) is 0 Å². The Bertz CT molecular complexity index is 179. The van der Waals surface area contributed by atoms with E-state index in [1.165, 1.54) is 0 Å². The maximum absolute atomic E-state index is 8.58. The average molecular weight is 142 g/mol. The number of carbonyl (C=O) groups is 1. The normalized spacial score (nSPS) is 7.80. The summed E-state index contributed by atoms with van der Waals surface area (Å²) in [5.41, 5.74) is 6.25. The van der Waals surface area contributed by atoms with E-state index < -0.39 is 0 Å². The van der Waals surface area contributed by atoms with Gasteiger partial charge in [-0.2, -0.15) is 0 Å². The SMILES string of the molecule is Cc1conc1C.NC=O. The number of aryl methyl sites for hydroxylation is 2. The quantitative estimate of drug-likeness (QED) is 0.533. The smallest absolute Gasteiger partial charge is 0.204 e. The van der Waals surface area contributed by atoms with Gasteiger partial charge in [-0.3, -0.25) is 4.79 Å². The summed E-state index contributed by atoms with van der Waals surface area (Å²) in [6.07, 6.45) is 1.88. The van der Waals surface area contributed by atoms with E-state index in [2.05, 4.69) is 15.4 Å². The van der Waals surface area contributed by atoms with Gasteiger partial charge in [-0.15, -0.1) is 0 Å². The Hall–Kier alpha value is -1.32. The van der Waals surface area contributed by atoms with Gasteiger partial charge < -0.3 is 10.3 Å². The molecular formula is C6H10N2O2. The third-order valence-corrected chi connectivity index (χ3v) is 0.990. The number of nitrogens with zero attached hydrogens (tertiary/aromatic N) is 1. The van der Waals surface area contributed by atoms with Crippen LogP contribution in [0, 0.1) is 13.8 Å². The summed E-state index contributed by atoms with van der Waals surface area (Å²) in [6, 6.07) is 0. The van der Waals surface area contributed by atoms with Crippen LogP contribution >= 0.6 is 0 Å². The summed E-state index contributed by atoms with van der Waals surface area (Å²) in [5, 5.41) is 3.64. The van der Waals surface area contributed by atoms with Gasteiger partial charge in [-0.05, 0) is 13.8 Å². The van der Waals surface area contributed by atoms with Crippen molar-refractivity contribution in [3.63, 3.8) is 0 Å². The van der Waals surface area contributed by atoms with Crippen molar-refractivity contribution in [2.75, 3.05) is 0 Å². The molecule has 0 saturated carbocycles. The zero-order valence-electron chi connectivity index (χ0n) is 6.00. The van der Waals surface area contributed by atoms with Crippen LogP contribution in [0.2, 0.25) is 0 Å². The van der Waals surface area contributed by atoms with Gasteiger partial charge in [-0.25, -0.2) is 0 Å². The van der Waals surface area contributed by atoms with Crippen molar-refractivity contribution < 1.29 is 9.32 Å². The number of aromatic nitrogens is 1. The van der Waals surface area contributed by atoms with E-state index >= 15 is 0 Å². The Labute approximate surface area is 59.0 Å². The molecule has 0 unspecified atom stereocenters. The fourth-order valence-corrected chi connectivity index (χ4v) is 0.342. The lowest BCUT2D eigenvalue weighted by molar-refractivity contribution is -0.106. The number of carbonyl (C=O) groups excluding carboxylic acids is 1. The molecule has 0 atom stereocenters. The maximum Gasteiger partial charge on any atom is 0.204 e. The summed E-state index contributed by atoms with van der Waals surface area (Å²) >= 11 is 0. The zero-order chi connectivity index (χ0) is 7.98. The zero-order valence-corrected chi connectivity index (χ0v) is 6.00. The molecule has 0 aromatic carbocycles. The molecule has 0 bridgehead atoms. The molecule has 4 heteroatoms. The molecule has 0 spiro atoms. The van der Waals surface area contributed by atoms with E-state index in [0.717, 1.165) is 11.3 Å². The molecule has 56 valence electrons. The van der Waals surface area contributed by atoms with E-state index in [0.29, 0.717) is 0 Å². The second-order valence-corrected chi connectivity index (χ2v) is 1.72. The molecule has 1 aromatic heterocycles. The van der Waals surface area contributed by atoms with Crippen molar-refractivity contribution in [2.45, 2.75) is 13.8 Å². The van der Waals surface area contributed by atoms with Crippen LogP contribution in [0.1, 0.15) is 11.3 Å². The van der Waals surface area contributed by atoms with Gasteiger partial charge in [0.1, 0.15) is 6.26 Å². The van der Waals surface area contributed by atoms with Crippen LogP contribution in [0.3, 0.4) is 0 Å². The molecule has 0 saturated heterocycles. The van der Waals surface area contributed by atoms with Gasteiger partial charge in [0.2, 0.25) is 6.41 Å². The molecule has 0 fully saturated rings. The molecule has 0 radical (unpaired) electrons. The van der Waals surface area contributed by atoms with E-state index in [1.54, 1.807) is 6.26 Å². The highest BCUT2D eigenvalue weighted by atomic mass is 16.5. The van der Waals surface area contributed by atoms with Crippen LogP contribution in [0.15, 0.2) is 10.8 Å². The minimum Gasteiger partial charge on any atom is -0.372 e. The van der Waals surface area contributed by atoms with Crippen LogP contribution in [-0.4, -0.2) is 11.6 Å². The molecule has 0 aliphatic heterocycles. The molecule has 1 aromatic rings. The summed E-state index contributed by atoms with van der Waals surface area (Å²) in [6.45, 7) is 3.88. The first kappa shape index (κ1) is 8.68. The fraction of sp³-hybridized carbons (Fsp3) is 0.333. The lowest BCUT2D eigenvalue weighted by Crippen LogP contribution is -1.82. The topological polar surface area (TPSA) is 69.1 Å². The van der Waals surface area contributed by atoms with E-state index in [9.17, 15) is 0 Å². The number of nitrogens with two attached hydrogens (primary N) is 1. The summed E-state index contributed by atoms with van der Waals surface area (Å²) in [4.78, 5) is 8.58. The van der Waals surface area contributed by atoms with E-state index in [-0.39, 0.29) is 6.41 Å². The highest BCUT2D eigenvalue weighted by molar-refractivity contribution is 5.42. The third kappa shape index (κ3) is 2.86. The monoisotopic (exact) mass is 142 g/mol. The minimum atomic E-state index is 0.250. The maximum atomic E-state index is 8.58. The molecule has 1 heterocycles. The van der Waals surface area contributed by atoms with Gasteiger partial charge >= 0.3 is 0 Å². The van der Waals surface area contributed by atoms with Gasteiger partial charge in [0, 0.05) is 5.56 Å². The van der Waals surface area contributed by atoms with Crippen molar-refractivity contribution in [1.82, 2.24) is 5.16 Å². The highest BCUT2D eigenvalue weighted by Crippen LogP contribution is 1.99. The fourth-order valence-electron chi connectivity index (χ4n) is 0.342. The second-order valence-electron chi connectivity index (χ2n) is 1.72. The van der Waals surface area contributed by atoms with E-state index in [1.807, 2.05) is 13.8 Å². The lowest BCUT2D eigenvalue weighted by atomic mass is 10.3. The van der Waals surface area contributed by atoms with Crippen LogP contribution in [-0.2, 0) is 4.79 Å². The van der Waals surface area contributed by atoms with Gasteiger partial charge in [0.05, 0.1) is 5.69 Å². The molecule has 1 rings (SSSR count). The molecule has 10 heavy (non-hydrogen) atoms. The van der Waals surface area contributed by atoms with Gasteiger partial charge in [-0.1, -0.05) is 5.16 Å². The summed E-state index contributed by atoms with van der Waals surface area (Å²) in [7, 11) is 0. The first-order valence-corrected chi connectivity index (χ1v) is 2.75. The average Bonchev–Trinajstić information content (AvgIpc) is 2.19. The van der Waals surface area contributed by atoms with Crippen LogP contribution < -0.4 is 5.73 Å². The van der Waals surface area contributed by atoms with Crippen molar-refractivity contribution in [2.24, 2.45) is 5.73 Å². The lowest BCUT2D eigenvalue weighted by Gasteiger charge is -1.74. The largest absolute Gasteiger partial charge is 0.372 e. The predicted octanol–water partition coefficient (Wildman–Crippen LogP) is 0.393. The summed E-state index contributed by atoms with van der Waals surface area (Å²) < 4.78 is 4.59. The molecule has 0 aliphatic carbocycles. The Balaban J connectivity index is 0.000000236. The Morgan fingerprint density at radius 2 is 2.20 bits per heavy atom. The Kier molecular flexibility index (Phi) is 3.95. The van der Waals surface area contributed by atoms with Crippen molar-refractivity contribution in [1.29, 1.82) is 0 Å². The van der Waals surface area contributed by atoms with Crippen LogP contribution in [0.4, 0.5) is 0 Å². The number of amides is 1. The van der Waals surface area contributed by atoms with Crippen LogP contribution in [0.25, 0.3) is 0 Å². The molecule has 1 amide bonds. The van der Waals surface area contributed by atoms with Gasteiger partial charge in [0.15, 0.2) is 0 Å². The third-order valence-electron chi connectivity index (χ3n) is 0.990. The number of rotatable bonds is 0. The standard InChI is InChI=1S/C5H7NO.CH3NO/c1-4-3-7-6-5(4)2;2-1-3/h3H,1-2H3;1H,(H2,2,3). The van der Waals surface area contributed by atoms with Crippen molar-refractivity contribution in [3.05, 3.63) is 17.5 Å². The number of hydrogen-bond donors (Lipinski definition) is 1. The predicted molar refractivity (Wildman–Crippen MR) is 36.2 cm³/mol. The Morgan fingerprint density at radius 1 is 1.70 bits per heavy atom. The van der Waals surface area contributed by atoms with Gasteiger partial charge in [0.25, 0.3) is 0 Å². The molecule has 0 aliphatic rings. The summed E-state index contributed by atoms with van der Waals surface area (Å²) in [5.74, 6) is 0. The molecule has 4 nitrogen and oxygen atoms in total. The Morgan fingerprint density at radius 3 is 2.30 bits per heavy atom. The number of hydrogen-bond acceptors (Lipinski definition) is 3. The number of primary amides is 1. The first-order valence-electron chi connectivity index (χ1n) is 2.75. The van der Waals surface area contributed by atoms with Crippen molar-refractivity contribution >= 4 is 6.41 Å². The molecular weight excluding hydrogens is 132 g/mol. The van der Waals surface area contributed by atoms with Crippen molar-refractivity contribution in [3.8, 4) is 0 Å². The minimum absolute atomic E-state index is 0.250. The molecule has 2 N–H and O–H groups in total.